The molecule has 8 N–H and O–H groups in total. The van der Waals surface area contributed by atoms with Gasteiger partial charge >= 0.3 is 0 Å². The molecule has 0 bridgehead atoms. The number of nitrogens with one attached hydrogen (secondary N) is 1. The fourth-order valence-electron chi connectivity index (χ4n) is 3.64. The van der Waals surface area contributed by atoms with Crippen LogP contribution in [0.1, 0.15) is 5.56 Å². The highest BCUT2D eigenvalue weighted by Crippen LogP contribution is 2.28. The van der Waals surface area contributed by atoms with Gasteiger partial charge in [0.05, 0.1) is 19.3 Å². The van der Waals surface area contributed by atoms with Gasteiger partial charge in [0.15, 0.2) is 12.6 Å². The molecule has 5 unspecified atom stereocenters. The summed E-state index contributed by atoms with van der Waals surface area (Å²) in [5.41, 5.74) is 0.896. The molecule has 0 saturated carbocycles. The van der Waals surface area contributed by atoms with Gasteiger partial charge < -0.3 is 55.3 Å². The molecule has 11 nitrogen and oxygen atoms in total. The lowest BCUT2D eigenvalue weighted by molar-refractivity contribution is -0.345. The highest BCUT2D eigenvalue weighted by atomic mass is 16.7. The fourth-order valence-corrected chi connectivity index (χ4v) is 3.64. The van der Waals surface area contributed by atoms with E-state index in [9.17, 15) is 35.7 Å². The number of aliphatic hydroxyl groups is 7. The Hall–Kier alpha value is -1.22. The van der Waals surface area contributed by atoms with Crippen LogP contribution in [0.25, 0.3) is 0 Å². The van der Waals surface area contributed by atoms with Gasteiger partial charge in [-0.1, -0.05) is 30.3 Å². The summed E-state index contributed by atoms with van der Waals surface area (Å²) in [4.78, 5) is 0. The SMILES string of the molecule is OCC1OC(O)C(NCc2ccccc2)[C@@H](O)[C@@H]1O[C@@H]1OC(CO)[C@H](O)[C@H](O)C1O. The van der Waals surface area contributed by atoms with Crippen LogP contribution in [0.15, 0.2) is 30.3 Å². The molecule has 2 fully saturated rings. The third-order valence-corrected chi connectivity index (χ3v) is 5.40. The first-order valence-corrected chi connectivity index (χ1v) is 9.73. The first-order chi connectivity index (χ1) is 14.4. The van der Waals surface area contributed by atoms with E-state index in [1.807, 2.05) is 30.3 Å². The van der Waals surface area contributed by atoms with Crippen molar-refractivity contribution in [3.05, 3.63) is 35.9 Å². The lowest BCUT2D eigenvalue weighted by Gasteiger charge is -2.46. The second-order valence-corrected chi connectivity index (χ2v) is 7.43. The highest BCUT2D eigenvalue weighted by Gasteiger charge is 2.50. The normalized spacial score (nSPS) is 42.2. The van der Waals surface area contributed by atoms with Crippen LogP contribution < -0.4 is 5.32 Å². The smallest absolute Gasteiger partial charge is 0.187 e. The first kappa shape index (κ1) is 23.4. The molecule has 30 heavy (non-hydrogen) atoms. The predicted octanol–water partition coefficient (Wildman–Crippen LogP) is -3.60. The van der Waals surface area contributed by atoms with Crippen LogP contribution in [-0.2, 0) is 20.8 Å². The number of benzene rings is 1. The van der Waals surface area contributed by atoms with Crippen LogP contribution in [0.5, 0.6) is 0 Å². The molecule has 0 amide bonds. The molecule has 0 spiro atoms. The summed E-state index contributed by atoms with van der Waals surface area (Å²) in [7, 11) is 0. The van der Waals surface area contributed by atoms with Gasteiger partial charge in [-0.15, -0.1) is 0 Å². The Kier molecular flexibility index (Phi) is 8.12. The van der Waals surface area contributed by atoms with Crippen LogP contribution in [0.2, 0.25) is 0 Å². The summed E-state index contributed by atoms with van der Waals surface area (Å²) >= 11 is 0. The maximum atomic E-state index is 10.8. The molecule has 2 aliphatic rings. The van der Waals surface area contributed by atoms with Gasteiger partial charge in [-0.25, -0.2) is 0 Å². The van der Waals surface area contributed by atoms with E-state index in [1.54, 1.807) is 0 Å². The minimum Gasteiger partial charge on any atom is -0.394 e. The van der Waals surface area contributed by atoms with E-state index in [-0.39, 0.29) is 0 Å². The van der Waals surface area contributed by atoms with Gasteiger partial charge in [0.1, 0.15) is 42.7 Å². The van der Waals surface area contributed by atoms with Gasteiger partial charge in [0.2, 0.25) is 0 Å². The van der Waals surface area contributed by atoms with Crippen molar-refractivity contribution in [3.8, 4) is 0 Å². The minimum atomic E-state index is -1.68. The molecule has 11 heteroatoms. The van der Waals surface area contributed by atoms with E-state index in [4.69, 9.17) is 14.2 Å². The Bertz CT molecular complexity index is 649. The molecule has 2 heterocycles. The Morgan fingerprint density at radius 1 is 0.800 bits per heavy atom. The van der Waals surface area contributed by atoms with Crippen molar-refractivity contribution in [2.75, 3.05) is 13.2 Å². The van der Waals surface area contributed by atoms with Crippen molar-refractivity contribution in [2.24, 2.45) is 0 Å². The van der Waals surface area contributed by atoms with Crippen molar-refractivity contribution in [1.29, 1.82) is 0 Å². The van der Waals surface area contributed by atoms with Crippen LogP contribution in [0.4, 0.5) is 0 Å². The van der Waals surface area contributed by atoms with Gasteiger partial charge in [-0.3, -0.25) is 0 Å². The summed E-state index contributed by atoms with van der Waals surface area (Å²) in [5.74, 6) is 0. The third-order valence-electron chi connectivity index (χ3n) is 5.40. The summed E-state index contributed by atoms with van der Waals surface area (Å²) in [5, 5.41) is 72.9. The van der Waals surface area contributed by atoms with Gasteiger partial charge in [-0.2, -0.15) is 0 Å². The van der Waals surface area contributed by atoms with Crippen molar-refractivity contribution in [2.45, 2.75) is 67.9 Å². The summed E-state index contributed by atoms with van der Waals surface area (Å²) in [6.07, 6.45) is -12.9. The average Bonchev–Trinajstić information content (AvgIpc) is 2.76. The Labute approximate surface area is 173 Å². The molecule has 0 aliphatic carbocycles. The number of ether oxygens (including phenoxy) is 3. The summed E-state index contributed by atoms with van der Waals surface area (Å²) in [6, 6.07) is 8.25. The molecule has 2 aliphatic heterocycles. The van der Waals surface area contributed by atoms with Gasteiger partial charge in [0, 0.05) is 6.54 Å². The van der Waals surface area contributed by atoms with E-state index in [2.05, 4.69) is 5.32 Å². The van der Waals surface area contributed by atoms with Crippen LogP contribution >= 0.6 is 0 Å². The zero-order valence-electron chi connectivity index (χ0n) is 16.1. The second-order valence-electron chi connectivity index (χ2n) is 7.43. The number of hydrogen-bond acceptors (Lipinski definition) is 11. The monoisotopic (exact) mass is 431 g/mol. The van der Waals surface area contributed by atoms with Gasteiger partial charge in [-0.05, 0) is 5.56 Å². The standard InChI is InChI=1S/C19H29NO10/c21-7-10-13(23)15(25)16(26)19(29-10)30-17-11(8-22)28-18(27)12(14(17)24)20-6-9-4-2-1-3-5-9/h1-5,10-27H,6-8H2/t10?,11?,12?,13-,14+,15-,16?,17+,18?,19-/m0/s1. The number of hydrogen-bond donors (Lipinski definition) is 8. The average molecular weight is 431 g/mol. The van der Waals surface area contributed by atoms with E-state index in [0.717, 1.165) is 5.56 Å². The van der Waals surface area contributed by atoms with Crippen molar-refractivity contribution >= 4 is 0 Å². The summed E-state index contributed by atoms with van der Waals surface area (Å²) in [6.45, 7) is -0.945. The molecular weight excluding hydrogens is 402 g/mol. The second kappa shape index (κ2) is 10.4. The molecule has 3 rings (SSSR count). The van der Waals surface area contributed by atoms with Crippen molar-refractivity contribution in [1.82, 2.24) is 5.32 Å². The molecule has 0 aromatic heterocycles. The lowest BCUT2D eigenvalue weighted by Crippen LogP contribution is -2.66. The fraction of sp³-hybridized carbons (Fsp3) is 0.684. The topological polar surface area (TPSA) is 181 Å². The summed E-state index contributed by atoms with van der Waals surface area (Å²) < 4.78 is 16.3. The first-order valence-electron chi connectivity index (χ1n) is 9.73. The largest absolute Gasteiger partial charge is 0.394 e. The zero-order valence-corrected chi connectivity index (χ0v) is 16.1. The third kappa shape index (κ3) is 4.98. The Morgan fingerprint density at radius 3 is 2.10 bits per heavy atom. The number of aliphatic hydroxyl groups excluding tert-OH is 7. The molecule has 10 atom stereocenters. The Balaban J connectivity index is 1.71. The van der Waals surface area contributed by atoms with E-state index in [1.165, 1.54) is 0 Å². The van der Waals surface area contributed by atoms with Gasteiger partial charge in [0.25, 0.3) is 0 Å². The highest BCUT2D eigenvalue weighted by molar-refractivity contribution is 5.14. The van der Waals surface area contributed by atoms with Crippen molar-refractivity contribution in [3.63, 3.8) is 0 Å². The van der Waals surface area contributed by atoms with E-state index < -0.39 is 74.6 Å². The van der Waals surface area contributed by atoms with Crippen LogP contribution in [-0.4, -0.2) is 110 Å². The Morgan fingerprint density at radius 2 is 1.47 bits per heavy atom. The molecule has 1 aromatic carbocycles. The van der Waals surface area contributed by atoms with E-state index in [0.29, 0.717) is 6.54 Å². The van der Waals surface area contributed by atoms with Crippen LogP contribution in [0.3, 0.4) is 0 Å². The lowest BCUT2D eigenvalue weighted by atomic mass is 9.95. The molecule has 1 aromatic rings. The molecule has 170 valence electrons. The van der Waals surface area contributed by atoms with Crippen molar-refractivity contribution < 1.29 is 50.0 Å². The number of rotatable bonds is 7. The minimum absolute atomic E-state index is 0.305. The zero-order chi connectivity index (χ0) is 21.8. The molecular formula is C19H29NO10. The van der Waals surface area contributed by atoms with Crippen LogP contribution in [0, 0.1) is 0 Å². The predicted molar refractivity (Wildman–Crippen MR) is 99.7 cm³/mol. The molecule has 2 saturated heterocycles. The maximum absolute atomic E-state index is 10.8. The maximum Gasteiger partial charge on any atom is 0.187 e. The van der Waals surface area contributed by atoms with E-state index >= 15 is 0 Å². The quantitative estimate of drug-likeness (QED) is 0.214. The molecule has 0 radical (unpaired) electrons.